The SMILES string of the molecule is CCC(=O)Oc1ccc(C(=O)C(=O)c2ccc(OC(=O)CC)cc2)cc1. The lowest BCUT2D eigenvalue weighted by atomic mass is 10.0. The molecular formula is C20H18O6. The Morgan fingerprint density at radius 1 is 0.615 bits per heavy atom. The summed E-state index contributed by atoms with van der Waals surface area (Å²) in [6, 6.07) is 11.5. The summed E-state index contributed by atoms with van der Waals surface area (Å²) in [6.45, 7) is 3.35. The van der Waals surface area contributed by atoms with Crippen molar-refractivity contribution in [3.63, 3.8) is 0 Å². The minimum atomic E-state index is -0.684. The Hall–Kier alpha value is -3.28. The summed E-state index contributed by atoms with van der Waals surface area (Å²) >= 11 is 0. The number of benzene rings is 2. The molecule has 26 heavy (non-hydrogen) atoms. The molecule has 0 unspecified atom stereocenters. The lowest BCUT2D eigenvalue weighted by Crippen LogP contribution is -2.14. The molecular weight excluding hydrogens is 336 g/mol. The van der Waals surface area contributed by atoms with Gasteiger partial charge in [-0.05, 0) is 48.5 Å². The van der Waals surface area contributed by atoms with Crippen LogP contribution in [0.5, 0.6) is 11.5 Å². The molecule has 0 saturated heterocycles. The van der Waals surface area contributed by atoms with Crippen molar-refractivity contribution in [1.29, 1.82) is 0 Å². The van der Waals surface area contributed by atoms with Gasteiger partial charge in [-0.3, -0.25) is 19.2 Å². The summed E-state index contributed by atoms with van der Waals surface area (Å²) in [7, 11) is 0. The highest BCUT2D eigenvalue weighted by atomic mass is 16.5. The van der Waals surface area contributed by atoms with Crippen molar-refractivity contribution >= 4 is 23.5 Å². The number of ether oxygens (including phenoxy) is 2. The van der Waals surface area contributed by atoms with E-state index in [1.54, 1.807) is 13.8 Å². The standard InChI is InChI=1S/C20H18O6/c1-3-17(21)25-15-9-5-13(6-10-15)19(23)20(24)14-7-11-16(12-8-14)26-18(22)4-2/h5-12H,3-4H2,1-2H3. The molecule has 2 aromatic carbocycles. The topological polar surface area (TPSA) is 86.7 Å². The van der Waals surface area contributed by atoms with Crippen LogP contribution in [0.15, 0.2) is 48.5 Å². The van der Waals surface area contributed by atoms with E-state index >= 15 is 0 Å². The van der Waals surface area contributed by atoms with Crippen molar-refractivity contribution < 1.29 is 28.7 Å². The Balaban J connectivity index is 2.08. The molecule has 0 spiro atoms. The van der Waals surface area contributed by atoms with E-state index in [9.17, 15) is 19.2 Å². The van der Waals surface area contributed by atoms with Crippen LogP contribution in [0.1, 0.15) is 47.4 Å². The number of esters is 2. The van der Waals surface area contributed by atoms with Crippen molar-refractivity contribution in [1.82, 2.24) is 0 Å². The van der Waals surface area contributed by atoms with Gasteiger partial charge in [0.1, 0.15) is 11.5 Å². The zero-order chi connectivity index (χ0) is 19.1. The lowest BCUT2D eigenvalue weighted by Gasteiger charge is -2.05. The van der Waals surface area contributed by atoms with Crippen molar-refractivity contribution in [3.05, 3.63) is 59.7 Å². The van der Waals surface area contributed by atoms with Crippen LogP contribution in [-0.4, -0.2) is 23.5 Å². The summed E-state index contributed by atoms with van der Waals surface area (Å²) < 4.78 is 10.0. The van der Waals surface area contributed by atoms with Crippen molar-refractivity contribution in [2.45, 2.75) is 26.7 Å². The van der Waals surface area contributed by atoms with Crippen LogP contribution in [0, 0.1) is 0 Å². The van der Waals surface area contributed by atoms with Crippen LogP contribution in [-0.2, 0) is 9.59 Å². The second-order valence-corrected chi connectivity index (χ2v) is 5.36. The van der Waals surface area contributed by atoms with Crippen LogP contribution in [0.4, 0.5) is 0 Å². The van der Waals surface area contributed by atoms with Gasteiger partial charge in [-0.25, -0.2) is 0 Å². The number of ketones is 2. The molecule has 0 amide bonds. The van der Waals surface area contributed by atoms with Gasteiger partial charge in [0.05, 0.1) is 0 Å². The molecule has 0 aliphatic rings. The fourth-order valence-corrected chi connectivity index (χ4v) is 2.02. The van der Waals surface area contributed by atoms with E-state index in [0.29, 0.717) is 11.5 Å². The molecule has 0 N–H and O–H groups in total. The number of hydrogen-bond donors (Lipinski definition) is 0. The van der Waals surface area contributed by atoms with Gasteiger partial charge in [-0.15, -0.1) is 0 Å². The van der Waals surface area contributed by atoms with Gasteiger partial charge in [0.2, 0.25) is 11.6 Å². The molecule has 6 nitrogen and oxygen atoms in total. The van der Waals surface area contributed by atoms with Gasteiger partial charge in [-0.1, -0.05) is 13.8 Å². The maximum Gasteiger partial charge on any atom is 0.310 e. The molecule has 0 aliphatic carbocycles. The molecule has 2 aromatic rings. The van der Waals surface area contributed by atoms with E-state index < -0.39 is 11.6 Å². The Morgan fingerprint density at radius 3 is 1.19 bits per heavy atom. The van der Waals surface area contributed by atoms with Crippen molar-refractivity contribution in [2.24, 2.45) is 0 Å². The third-order valence-electron chi connectivity index (χ3n) is 3.48. The smallest absolute Gasteiger partial charge is 0.310 e. The van der Waals surface area contributed by atoms with E-state index in [0.717, 1.165) is 0 Å². The second-order valence-electron chi connectivity index (χ2n) is 5.36. The maximum atomic E-state index is 12.3. The highest BCUT2D eigenvalue weighted by Gasteiger charge is 2.18. The minimum Gasteiger partial charge on any atom is -0.427 e. The first kappa shape index (κ1) is 19.1. The van der Waals surface area contributed by atoms with Crippen LogP contribution in [0.25, 0.3) is 0 Å². The van der Waals surface area contributed by atoms with Crippen LogP contribution >= 0.6 is 0 Å². The Morgan fingerprint density at radius 2 is 0.923 bits per heavy atom. The summed E-state index contributed by atoms with van der Waals surface area (Å²) in [5.41, 5.74) is 0.376. The van der Waals surface area contributed by atoms with Crippen LogP contribution in [0.3, 0.4) is 0 Å². The first-order valence-electron chi connectivity index (χ1n) is 8.15. The number of hydrogen-bond acceptors (Lipinski definition) is 6. The van der Waals surface area contributed by atoms with Crippen molar-refractivity contribution in [3.8, 4) is 11.5 Å². The molecule has 0 aliphatic heterocycles. The number of carbonyl (C=O) groups is 4. The van der Waals surface area contributed by atoms with E-state index in [1.807, 2.05) is 0 Å². The quantitative estimate of drug-likeness (QED) is 0.328. The summed E-state index contributed by atoms with van der Waals surface area (Å²) in [6.07, 6.45) is 0.478. The Bertz CT molecular complexity index is 747. The largest absolute Gasteiger partial charge is 0.427 e. The number of carbonyl (C=O) groups excluding carboxylic acids is 4. The van der Waals surface area contributed by atoms with E-state index in [4.69, 9.17) is 9.47 Å². The first-order valence-corrected chi connectivity index (χ1v) is 8.15. The fraction of sp³-hybridized carbons (Fsp3) is 0.200. The summed E-state index contributed by atoms with van der Waals surface area (Å²) in [5.74, 6) is -1.52. The molecule has 0 atom stereocenters. The average Bonchev–Trinajstić information content (AvgIpc) is 2.67. The van der Waals surface area contributed by atoms with Gasteiger partial charge < -0.3 is 9.47 Å². The highest BCUT2D eigenvalue weighted by Crippen LogP contribution is 2.17. The first-order chi connectivity index (χ1) is 12.4. The van der Waals surface area contributed by atoms with Gasteiger partial charge in [-0.2, -0.15) is 0 Å². The minimum absolute atomic E-state index is 0.188. The Kier molecular flexibility index (Phi) is 6.38. The van der Waals surface area contributed by atoms with E-state index in [1.165, 1.54) is 48.5 Å². The second kappa shape index (κ2) is 8.71. The zero-order valence-corrected chi connectivity index (χ0v) is 14.5. The average molecular weight is 354 g/mol. The molecule has 0 saturated carbocycles. The van der Waals surface area contributed by atoms with Gasteiger partial charge in [0.15, 0.2) is 0 Å². The van der Waals surface area contributed by atoms with Crippen LogP contribution < -0.4 is 9.47 Å². The van der Waals surface area contributed by atoms with Crippen molar-refractivity contribution in [2.75, 3.05) is 0 Å². The predicted molar refractivity (Wildman–Crippen MR) is 93.4 cm³/mol. The fourth-order valence-electron chi connectivity index (χ4n) is 2.02. The molecule has 134 valence electrons. The molecule has 0 radical (unpaired) electrons. The normalized spacial score (nSPS) is 10.1. The lowest BCUT2D eigenvalue weighted by molar-refractivity contribution is -0.134. The molecule has 0 heterocycles. The van der Waals surface area contributed by atoms with E-state index in [2.05, 4.69) is 0 Å². The maximum absolute atomic E-state index is 12.3. The predicted octanol–water partition coefficient (Wildman–Crippen LogP) is 3.38. The molecule has 6 heteroatoms. The zero-order valence-electron chi connectivity index (χ0n) is 14.5. The van der Waals surface area contributed by atoms with E-state index in [-0.39, 0.29) is 35.9 Å². The van der Waals surface area contributed by atoms with Gasteiger partial charge >= 0.3 is 11.9 Å². The molecule has 0 fully saturated rings. The van der Waals surface area contributed by atoms with Gasteiger partial charge in [0, 0.05) is 24.0 Å². The molecule has 0 bridgehead atoms. The number of Topliss-reactive ketones (excluding diaryl/α,β-unsaturated/α-hetero) is 2. The monoisotopic (exact) mass is 354 g/mol. The third-order valence-corrected chi connectivity index (χ3v) is 3.48. The summed E-state index contributed by atoms with van der Waals surface area (Å²) in [5, 5.41) is 0. The van der Waals surface area contributed by atoms with Crippen LogP contribution in [0.2, 0.25) is 0 Å². The molecule has 2 rings (SSSR count). The molecule has 0 aromatic heterocycles. The Labute approximate surface area is 150 Å². The van der Waals surface area contributed by atoms with Gasteiger partial charge in [0.25, 0.3) is 0 Å². The highest BCUT2D eigenvalue weighted by molar-refractivity contribution is 6.49. The third kappa shape index (κ3) is 4.86. The number of rotatable bonds is 7. The summed E-state index contributed by atoms with van der Waals surface area (Å²) in [4.78, 5) is 47.1.